The van der Waals surface area contributed by atoms with E-state index >= 15 is 0 Å². The number of carbonyl (C=O) groups excluding carboxylic acids is 1. The van der Waals surface area contributed by atoms with Crippen LogP contribution in [0, 0.1) is 5.92 Å². The third-order valence-corrected chi connectivity index (χ3v) is 3.28. The minimum atomic E-state index is -0.907. The molecule has 0 aromatic rings. The second-order valence-electron chi connectivity index (χ2n) is 5.25. The highest BCUT2D eigenvalue weighted by Crippen LogP contribution is 2.15. The second-order valence-corrected chi connectivity index (χ2v) is 5.25. The number of nitrogens with one attached hydrogen (secondary N) is 2. The number of nitrogens with zero attached hydrogens (tertiary/aromatic N) is 1. The number of amides is 2. The lowest BCUT2D eigenvalue weighted by Gasteiger charge is -2.35. The molecule has 2 amide bonds. The molecule has 3 atom stereocenters. The van der Waals surface area contributed by atoms with E-state index in [-0.39, 0.29) is 24.5 Å². The molecule has 1 heterocycles. The highest BCUT2D eigenvalue weighted by atomic mass is 16.4. The quantitative estimate of drug-likeness (QED) is 0.684. The molecule has 0 aromatic heterocycles. The van der Waals surface area contributed by atoms with E-state index in [2.05, 4.69) is 29.5 Å². The Balaban J connectivity index is 2.33. The normalized spacial score (nSPS) is 26.4. The van der Waals surface area contributed by atoms with Gasteiger partial charge in [-0.1, -0.05) is 6.92 Å². The smallest absolute Gasteiger partial charge is 0.315 e. The summed E-state index contributed by atoms with van der Waals surface area (Å²) >= 11 is 0. The number of likely N-dealkylation sites (tertiary alicyclic amines) is 1. The fourth-order valence-corrected chi connectivity index (χ4v) is 2.32. The molecule has 1 fully saturated rings. The van der Waals surface area contributed by atoms with Gasteiger partial charge in [0.25, 0.3) is 0 Å². The van der Waals surface area contributed by atoms with Crippen molar-refractivity contribution in [2.24, 2.45) is 5.92 Å². The van der Waals surface area contributed by atoms with Crippen molar-refractivity contribution in [2.75, 3.05) is 20.1 Å². The molecule has 0 bridgehead atoms. The van der Waals surface area contributed by atoms with Crippen molar-refractivity contribution in [1.29, 1.82) is 0 Å². The number of carboxylic acid groups (broad SMARTS) is 1. The third kappa shape index (κ3) is 4.91. The molecule has 3 N–H and O–H groups in total. The van der Waals surface area contributed by atoms with Crippen LogP contribution in [0.1, 0.15) is 26.7 Å². The van der Waals surface area contributed by atoms with Gasteiger partial charge in [0.1, 0.15) is 0 Å². The van der Waals surface area contributed by atoms with E-state index in [0.717, 1.165) is 19.5 Å². The maximum atomic E-state index is 11.7. The van der Waals surface area contributed by atoms with Gasteiger partial charge in [-0.2, -0.15) is 0 Å². The Morgan fingerprint density at radius 1 is 1.50 bits per heavy atom. The van der Waals surface area contributed by atoms with Gasteiger partial charge >= 0.3 is 12.0 Å². The molecule has 1 saturated heterocycles. The van der Waals surface area contributed by atoms with E-state index in [9.17, 15) is 9.59 Å². The van der Waals surface area contributed by atoms with Gasteiger partial charge in [0.2, 0.25) is 0 Å². The van der Waals surface area contributed by atoms with Gasteiger partial charge in [-0.25, -0.2) is 4.79 Å². The first-order chi connectivity index (χ1) is 8.38. The fraction of sp³-hybridized carbons (Fsp3) is 0.833. The molecule has 0 radical (unpaired) electrons. The van der Waals surface area contributed by atoms with Crippen LogP contribution in [0.2, 0.25) is 0 Å². The highest BCUT2D eigenvalue weighted by molar-refractivity contribution is 5.75. The summed E-state index contributed by atoms with van der Waals surface area (Å²) in [7, 11) is 2.07. The lowest BCUT2D eigenvalue weighted by molar-refractivity contribution is -0.137. The predicted molar refractivity (Wildman–Crippen MR) is 68.4 cm³/mol. The van der Waals surface area contributed by atoms with Crippen molar-refractivity contribution in [1.82, 2.24) is 15.5 Å². The predicted octanol–water partition coefficient (Wildman–Crippen LogP) is 0.489. The summed E-state index contributed by atoms with van der Waals surface area (Å²) in [5.41, 5.74) is 0. The van der Waals surface area contributed by atoms with Crippen LogP contribution in [-0.4, -0.2) is 54.2 Å². The molecule has 0 spiro atoms. The Bertz CT molecular complexity index is 309. The third-order valence-electron chi connectivity index (χ3n) is 3.28. The molecular formula is C12H23N3O3. The minimum absolute atomic E-state index is 0.0591. The largest absolute Gasteiger partial charge is 0.481 e. The van der Waals surface area contributed by atoms with Crippen LogP contribution in [0.15, 0.2) is 0 Å². The minimum Gasteiger partial charge on any atom is -0.481 e. The van der Waals surface area contributed by atoms with Gasteiger partial charge in [0, 0.05) is 18.6 Å². The van der Waals surface area contributed by atoms with Gasteiger partial charge in [0.05, 0.1) is 6.42 Å². The Labute approximate surface area is 108 Å². The van der Waals surface area contributed by atoms with Gasteiger partial charge in [0.15, 0.2) is 0 Å². The van der Waals surface area contributed by atoms with Crippen molar-refractivity contribution < 1.29 is 14.7 Å². The number of hydrogen-bond donors (Lipinski definition) is 3. The van der Waals surface area contributed by atoms with Crippen molar-refractivity contribution in [2.45, 2.75) is 38.8 Å². The molecule has 18 heavy (non-hydrogen) atoms. The SMILES string of the molecule is CC(CC(=O)O)NC(=O)NC1CCN(C)CC1C. The molecule has 1 rings (SSSR count). The lowest BCUT2D eigenvalue weighted by Crippen LogP contribution is -2.52. The maximum Gasteiger partial charge on any atom is 0.315 e. The number of piperidine rings is 1. The van der Waals surface area contributed by atoms with Gasteiger partial charge in [-0.3, -0.25) is 4.79 Å². The molecule has 6 nitrogen and oxygen atoms in total. The first-order valence-corrected chi connectivity index (χ1v) is 6.36. The van der Waals surface area contributed by atoms with E-state index in [1.165, 1.54) is 0 Å². The van der Waals surface area contributed by atoms with Gasteiger partial charge in [-0.05, 0) is 32.9 Å². The molecular weight excluding hydrogens is 234 g/mol. The van der Waals surface area contributed by atoms with Crippen LogP contribution in [-0.2, 0) is 4.79 Å². The zero-order valence-electron chi connectivity index (χ0n) is 11.3. The molecule has 0 aliphatic carbocycles. The molecule has 0 aromatic carbocycles. The number of rotatable bonds is 4. The number of urea groups is 1. The maximum absolute atomic E-state index is 11.7. The Morgan fingerprint density at radius 2 is 2.17 bits per heavy atom. The van der Waals surface area contributed by atoms with Crippen LogP contribution in [0.3, 0.4) is 0 Å². The van der Waals surface area contributed by atoms with Crippen molar-refractivity contribution >= 4 is 12.0 Å². The topological polar surface area (TPSA) is 81.7 Å². The van der Waals surface area contributed by atoms with Crippen LogP contribution in [0.5, 0.6) is 0 Å². The Morgan fingerprint density at radius 3 is 2.72 bits per heavy atom. The summed E-state index contributed by atoms with van der Waals surface area (Å²) in [6.07, 6.45) is 0.870. The summed E-state index contributed by atoms with van der Waals surface area (Å²) in [5.74, 6) is -0.500. The van der Waals surface area contributed by atoms with E-state index in [0.29, 0.717) is 5.92 Å². The summed E-state index contributed by atoms with van der Waals surface area (Å²) in [6, 6.07) is -0.465. The monoisotopic (exact) mass is 257 g/mol. The van der Waals surface area contributed by atoms with E-state index < -0.39 is 5.97 Å². The zero-order chi connectivity index (χ0) is 13.7. The first-order valence-electron chi connectivity index (χ1n) is 6.36. The average molecular weight is 257 g/mol. The Kier molecular flexibility index (Phi) is 5.40. The molecule has 0 saturated carbocycles. The summed E-state index contributed by atoms with van der Waals surface area (Å²) in [4.78, 5) is 24.4. The second kappa shape index (κ2) is 6.58. The average Bonchev–Trinajstić information content (AvgIpc) is 2.20. The number of carboxylic acids is 1. The number of carbonyl (C=O) groups is 2. The van der Waals surface area contributed by atoms with Crippen LogP contribution >= 0.6 is 0 Å². The van der Waals surface area contributed by atoms with E-state index in [4.69, 9.17) is 5.11 Å². The summed E-state index contributed by atoms with van der Waals surface area (Å²) in [5, 5.41) is 14.2. The van der Waals surface area contributed by atoms with Crippen LogP contribution in [0.4, 0.5) is 4.79 Å². The molecule has 104 valence electrons. The summed E-state index contributed by atoms with van der Waals surface area (Å²) < 4.78 is 0. The van der Waals surface area contributed by atoms with Gasteiger partial charge < -0.3 is 20.6 Å². The van der Waals surface area contributed by atoms with E-state index in [1.807, 2.05) is 0 Å². The zero-order valence-corrected chi connectivity index (χ0v) is 11.3. The van der Waals surface area contributed by atoms with Crippen LogP contribution < -0.4 is 10.6 Å². The highest BCUT2D eigenvalue weighted by Gasteiger charge is 2.25. The number of aliphatic carboxylic acids is 1. The van der Waals surface area contributed by atoms with Crippen molar-refractivity contribution in [3.8, 4) is 0 Å². The number of hydrogen-bond acceptors (Lipinski definition) is 3. The molecule has 1 aliphatic rings. The van der Waals surface area contributed by atoms with Gasteiger partial charge in [-0.15, -0.1) is 0 Å². The van der Waals surface area contributed by atoms with Crippen molar-refractivity contribution in [3.63, 3.8) is 0 Å². The molecule has 3 unspecified atom stereocenters. The molecule has 6 heteroatoms. The van der Waals surface area contributed by atoms with E-state index in [1.54, 1.807) is 6.92 Å². The lowest BCUT2D eigenvalue weighted by atomic mass is 9.94. The Hall–Kier alpha value is -1.30. The first kappa shape index (κ1) is 14.8. The standard InChI is InChI=1S/C12H23N3O3/c1-8-7-15(3)5-4-10(8)14-12(18)13-9(2)6-11(16)17/h8-10H,4-7H2,1-3H3,(H,16,17)(H2,13,14,18). The molecule has 1 aliphatic heterocycles. The summed E-state index contributed by atoms with van der Waals surface area (Å²) in [6.45, 7) is 5.74. The fourth-order valence-electron chi connectivity index (χ4n) is 2.32. The van der Waals surface area contributed by atoms with Crippen molar-refractivity contribution in [3.05, 3.63) is 0 Å². The van der Waals surface area contributed by atoms with Crippen LogP contribution in [0.25, 0.3) is 0 Å².